The van der Waals surface area contributed by atoms with Crippen molar-refractivity contribution in [2.45, 2.75) is 81.8 Å². The van der Waals surface area contributed by atoms with Gasteiger partial charge in [-0.15, -0.1) is 0 Å². The first-order valence-electron chi connectivity index (χ1n) is 16.7. The van der Waals surface area contributed by atoms with Gasteiger partial charge < -0.3 is 14.5 Å². The van der Waals surface area contributed by atoms with Crippen LogP contribution in [0.15, 0.2) is 85.1 Å². The number of fused-ring (bicyclic) bond motifs is 4. The zero-order valence-electron chi connectivity index (χ0n) is 25.8. The van der Waals surface area contributed by atoms with Crippen molar-refractivity contribution in [1.82, 2.24) is 24.3 Å². The summed E-state index contributed by atoms with van der Waals surface area (Å²) in [6.45, 7) is 4.98. The van der Waals surface area contributed by atoms with E-state index in [0.29, 0.717) is 24.5 Å². The van der Waals surface area contributed by atoms with Crippen LogP contribution in [0.4, 0.5) is 0 Å². The van der Waals surface area contributed by atoms with Gasteiger partial charge in [0.25, 0.3) is 0 Å². The second-order valence-corrected chi connectivity index (χ2v) is 13.6. The van der Waals surface area contributed by atoms with Gasteiger partial charge in [-0.1, -0.05) is 60.7 Å². The van der Waals surface area contributed by atoms with Gasteiger partial charge in [-0.3, -0.25) is 9.69 Å². The third kappa shape index (κ3) is 4.84. The number of nitrogens with one attached hydrogen (secondary N) is 1. The minimum Gasteiger partial charge on any atom is -0.361 e. The fourth-order valence-electron chi connectivity index (χ4n) is 9.00. The number of nitrogens with zero attached hydrogens (tertiary/aromatic N) is 4. The summed E-state index contributed by atoms with van der Waals surface area (Å²) >= 11 is 0. The summed E-state index contributed by atoms with van der Waals surface area (Å²) in [5, 5.41) is 1.16. The maximum Gasteiger partial charge on any atom is 0.227 e. The highest BCUT2D eigenvalue weighted by molar-refractivity contribution is 5.89. The number of likely N-dealkylation sites (tertiary alicyclic amines) is 1. The lowest BCUT2D eigenvalue weighted by Gasteiger charge is -2.45. The fourth-order valence-corrected chi connectivity index (χ4v) is 9.00. The van der Waals surface area contributed by atoms with Crippen LogP contribution in [-0.2, 0) is 16.6 Å². The third-order valence-corrected chi connectivity index (χ3v) is 11.3. The van der Waals surface area contributed by atoms with Gasteiger partial charge in [-0.05, 0) is 93.2 Å². The van der Waals surface area contributed by atoms with Crippen molar-refractivity contribution >= 4 is 27.8 Å². The summed E-state index contributed by atoms with van der Waals surface area (Å²) in [5.41, 5.74) is 6.18. The van der Waals surface area contributed by atoms with Gasteiger partial charge in [0.05, 0.1) is 17.5 Å². The highest BCUT2D eigenvalue weighted by Gasteiger charge is 2.44. The number of aryl methyl sites for hydroxylation is 1. The molecule has 6 heteroatoms. The number of hydrogen-bond donors (Lipinski definition) is 1. The maximum absolute atomic E-state index is 13.5. The van der Waals surface area contributed by atoms with Crippen LogP contribution >= 0.6 is 0 Å². The normalized spacial score (nSPS) is 23.5. The Morgan fingerprint density at radius 1 is 0.886 bits per heavy atom. The molecule has 5 aromatic rings. The topological polar surface area (TPSA) is 57.2 Å². The first kappa shape index (κ1) is 27.6. The van der Waals surface area contributed by atoms with Crippen LogP contribution in [0.2, 0.25) is 0 Å². The molecule has 0 saturated carbocycles. The predicted octanol–water partition coefficient (Wildman–Crippen LogP) is 7.19. The number of aromatic amines is 1. The average Bonchev–Trinajstić information content (AvgIpc) is 3.70. The summed E-state index contributed by atoms with van der Waals surface area (Å²) < 4.78 is 2.53. The van der Waals surface area contributed by atoms with Crippen LogP contribution in [0.5, 0.6) is 0 Å². The summed E-state index contributed by atoms with van der Waals surface area (Å²) in [6, 6.07) is 29.9. The number of hydrogen-bond acceptors (Lipinski definition) is 3. The van der Waals surface area contributed by atoms with Crippen LogP contribution in [-0.4, -0.2) is 62.0 Å². The molecule has 0 radical (unpaired) electrons. The molecule has 3 aromatic carbocycles. The van der Waals surface area contributed by atoms with Gasteiger partial charge >= 0.3 is 0 Å². The molecular formula is C38H43N5O. The van der Waals surface area contributed by atoms with Gasteiger partial charge in [0.1, 0.15) is 5.82 Å². The first-order chi connectivity index (χ1) is 21.6. The summed E-state index contributed by atoms with van der Waals surface area (Å²) in [4.78, 5) is 26.7. The maximum atomic E-state index is 13.5. The lowest BCUT2D eigenvalue weighted by atomic mass is 9.70. The first-order valence-corrected chi connectivity index (χ1v) is 16.7. The quantitative estimate of drug-likeness (QED) is 0.220. The van der Waals surface area contributed by atoms with Gasteiger partial charge in [-0.25, -0.2) is 4.98 Å². The van der Waals surface area contributed by atoms with E-state index < -0.39 is 0 Å². The van der Waals surface area contributed by atoms with Crippen LogP contribution < -0.4 is 0 Å². The summed E-state index contributed by atoms with van der Waals surface area (Å²) in [6.07, 6.45) is 10.7. The zero-order valence-corrected chi connectivity index (χ0v) is 25.8. The van der Waals surface area contributed by atoms with Gasteiger partial charge in [0.2, 0.25) is 5.91 Å². The number of H-pyrrole nitrogens is 1. The van der Waals surface area contributed by atoms with Crippen molar-refractivity contribution < 1.29 is 4.79 Å². The summed E-state index contributed by atoms with van der Waals surface area (Å²) in [7, 11) is 0. The molecule has 0 spiro atoms. The number of carbonyl (C=O) groups is 1. The predicted molar refractivity (Wildman–Crippen MR) is 177 cm³/mol. The molecule has 3 aliphatic rings. The molecular weight excluding hydrogens is 542 g/mol. The monoisotopic (exact) mass is 585 g/mol. The number of para-hydroxylation sites is 3. The molecule has 2 aromatic heterocycles. The van der Waals surface area contributed by atoms with E-state index in [1.54, 1.807) is 0 Å². The largest absolute Gasteiger partial charge is 0.361 e. The minimum atomic E-state index is 0.117. The Morgan fingerprint density at radius 3 is 2.39 bits per heavy atom. The molecule has 44 heavy (non-hydrogen) atoms. The zero-order chi connectivity index (χ0) is 29.7. The number of imidazole rings is 1. The van der Waals surface area contributed by atoms with Crippen molar-refractivity contribution in [3.05, 3.63) is 102 Å². The van der Waals surface area contributed by atoms with E-state index in [1.165, 1.54) is 36.8 Å². The number of aromatic nitrogens is 3. The van der Waals surface area contributed by atoms with E-state index in [2.05, 4.69) is 99.1 Å². The van der Waals surface area contributed by atoms with Gasteiger partial charge in [0.15, 0.2) is 0 Å². The number of rotatable bonds is 7. The number of carbonyl (C=O) groups excluding carboxylic acids is 1. The number of benzene rings is 3. The minimum absolute atomic E-state index is 0.117. The molecule has 3 atom stereocenters. The Bertz CT molecular complexity index is 1760. The molecule has 3 saturated heterocycles. The molecule has 8 rings (SSSR count). The Balaban J connectivity index is 0.958. The average molecular weight is 586 g/mol. The number of piperidine rings is 2. The molecule has 226 valence electrons. The van der Waals surface area contributed by atoms with Crippen LogP contribution in [0.25, 0.3) is 21.9 Å². The molecule has 1 amide bonds. The summed E-state index contributed by atoms with van der Waals surface area (Å²) in [5.74, 6) is 1.40. The molecule has 3 aliphatic heterocycles. The highest BCUT2D eigenvalue weighted by atomic mass is 16.2. The van der Waals surface area contributed by atoms with E-state index in [-0.39, 0.29) is 11.3 Å². The van der Waals surface area contributed by atoms with Gasteiger partial charge in [0, 0.05) is 48.3 Å². The molecule has 1 N–H and O–H groups in total. The molecule has 2 bridgehead atoms. The van der Waals surface area contributed by atoms with E-state index in [9.17, 15) is 4.79 Å². The molecule has 6 nitrogen and oxygen atoms in total. The number of amides is 1. The van der Waals surface area contributed by atoms with Crippen LogP contribution in [0, 0.1) is 6.92 Å². The fraction of sp³-hybridized carbons (Fsp3) is 0.421. The van der Waals surface area contributed by atoms with Crippen molar-refractivity contribution in [1.29, 1.82) is 0 Å². The van der Waals surface area contributed by atoms with Gasteiger partial charge in [-0.2, -0.15) is 0 Å². The van der Waals surface area contributed by atoms with Crippen LogP contribution in [0.1, 0.15) is 67.9 Å². The lowest BCUT2D eigenvalue weighted by Crippen LogP contribution is -2.49. The van der Waals surface area contributed by atoms with Crippen molar-refractivity contribution in [3.8, 4) is 0 Å². The Kier molecular flexibility index (Phi) is 7.05. The Hall–Kier alpha value is -3.90. The van der Waals surface area contributed by atoms with E-state index in [4.69, 9.17) is 4.98 Å². The molecule has 3 fully saturated rings. The van der Waals surface area contributed by atoms with Crippen molar-refractivity contribution in [2.24, 2.45) is 0 Å². The van der Waals surface area contributed by atoms with Crippen LogP contribution in [0.3, 0.4) is 0 Å². The Labute approximate surface area is 260 Å². The standard InChI is InChI=1S/C38H43N5O/c1-27-40-35-13-7-8-14-36(35)43(27)32-24-30-15-16-31(25-32)42(30)22-19-38(29-9-3-2-4-10-29)17-20-41(21-18-38)37(44)23-28-26-39-34-12-6-5-11-33(28)34/h2-14,26,30-32,39H,15-25H2,1H3/t30-,31+,32+. The lowest BCUT2D eigenvalue weighted by molar-refractivity contribution is -0.132. The second kappa shape index (κ2) is 11.2. The molecule has 0 aliphatic carbocycles. The Morgan fingerprint density at radius 2 is 1.59 bits per heavy atom. The highest BCUT2D eigenvalue weighted by Crippen LogP contribution is 2.45. The third-order valence-electron chi connectivity index (χ3n) is 11.3. The molecule has 5 heterocycles. The van der Waals surface area contributed by atoms with E-state index >= 15 is 0 Å². The van der Waals surface area contributed by atoms with E-state index in [1.807, 2.05) is 12.3 Å². The smallest absolute Gasteiger partial charge is 0.227 e. The SMILES string of the molecule is Cc1nc2ccccc2n1[C@H]1C[C@H]2CC[C@@H](C1)N2CCC1(c2ccccc2)CCN(C(=O)Cc2c[nH]c3ccccc23)CC1. The van der Waals surface area contributed by atoms with Crippen molar-refractivity contribution in [3.63, 3.8) is 0 Å². The van der Waals surface area contributed by atoms with Crippen molar-refractivity contribution in [2.75, 3.05) is 19.6 Å². The van der Waals surface area contributed by atoms with E-state index in [0.717, 1.165) is 66.7 Å². The second-order valence-electron chi connectivity index (χ2n) is 13.6. The molecule has 0 unspecified atom stereocenters.